The van der Waals surface area contributed by atoms with E-state index >= 15 is 0 Å². The van der Waals surface area contributed by atoms with Gasteiger partial charge in [0.05, 0.1) is 5.39 Å². The second-order valence-corrected chi connectivity index (χ2v) is 4.02. The Bertz CT molecular complexity index is 637. The van der Waals surface area contributed by atoms with Crippen LogP contribution in [-0.2, 0) is 6.42 Å². The number of hydrogen-bond acceptors (Lipinski definition) is 3. The highest BCUT2D eigenvalue weighted by molar-refractivity contribution is 6.00. The Morgan fingerprint density at radius 3 is 2.56 bits per heavy atom. The smallest absolute Gasteiger partial charge is 0.344 e. The number of carbonyl (C=O) groups excluding carboxylic acids is 1. The summed E-state index contributed by atoms with van der Waals surface area (Å²) in [7, 11) is 0. The van der Waals surface area contributed by atoms with Crippen LogP contribution >= 0.6 is 0 Å². The van der Waals surface area contributed by atoms with Crippen molar-refractivity contribution in [3.8, 4) is 0 Å². The van der Waals surface area contributed by atoms with Gasteiger partial charge < -0.3 is 4.42 Å². The first-order valence-electron chi connectivity index (χ1n) is 5.35. The summed E-state index contributed by atoms with van der Waals surface area (Å²) in [5.41, 5.74) is 0.482. The van der Waals surface area contributed by atoms with E-state index in [9.17, 15) is 9.59 Å². The van der Waals surface area contributed by atoms with E-state index in [1.165, 1.54) is 0 Å². The van der Waals surface area contributed by atoms with E-state index in [0.29, 0.717) is 11.8 Å². The molecule has 0 aliphatic heterocycles. The van der Waals surface area contributed by atoms with E-state index in [1.807, 2.05) is 12.1 Å². The van der Waals surface area contributed by atoms with Crippen molar-refractivity contribution >= 4 is 16.6 Å². The molecule has 1 aliphatic rings. The second kappa shape index (κ2) is 3.30. The summed E-state index contributed by atoms with van der Waals surface area (Å²) in [5, 5.41) is 1.43. The molecule has 3 nitrogen and oxygen atoms in total. The molecule has 0 radical (unpaired) electrons. The van der Waals surface area contributed by atoms with E-state index in [0.717, 1.165) is 23.8 Å². The molecule has 0 N–H and O–H groups in total. The first-order valence-corrected chi connectivity index (χ1v) is 5.35. The average Bonchev–Trinajstić information content (AvgIpc) is 2.31. The SMILES string of the molecule is O=C1CCCc2c1oc(=O)c1ccccc21. The maximum absolute atomic E-state index is 11.7. The Balaban J connectivity index is 2.48. The van der Waals surface area contributed by atoms with Gasteiger partial charge in [0.2, 0.25) is 0 Å². The molecule has 0 fully saturated rings. The third-order valence-corrected chi connectivity index (χ3v) is 3.02. The van der Waals surface area contributed by atoms with Crippen LogP contribution in [0.1, 0.15) is 29.0 Å². The van der Waals surface area contributed by atoms with Gasteiger partial charge in [-0.15, -0.1) is 0 Å². The molecule has 3 heteroatoms. The summed E-state index contributed by atoms with van der Waals surface area (Å²) in [6.45, 7) is 0. The predicted octanol–water partition coefficient (Wildman–Crippen LogP) is 2.31. The molecule has 0 saturated heterocycles. The molecule has 80 valence electrons. The average molecular weight is 214 g/mol. The zero-order valence-electron chi connectivity index (χ0n) is 8.66. The summed E-state index contributed by atoms with van der Waals surface area (Å²) in [5.74, 6) is 0.221. The Kier molecular flexibility index (Phi) is 1.93. The summed E-state index contributed by atoms with van der Waals surface area (Å²) in [4.78, 5) is 23.3. The van der Waals surface area contributed by atoms with Gasteiger partial charge in [-0.3, -0.25) is 4.79 Å². The zero-order chi connectivity index (χ0) is 11.1. The molecule has 0 amide bonds. The van der Waals surface area contributed by atoms with Gasteiger partial charge in [-0.1, -0.05) is 18.2 Å². The Morgan fingerprint density at radius 1 is 1.00 bits per heavy atom. The maximum Gasteiger partial charge on any atom is 0.344 e. The quantitative estimate of drug-likeness (QED) is 0.676. The molecular weight excluding hydrogens is 204 g/mol. The number of benzene rings is 1. The van der Waals surface area contributed by atoms with Gasteiger partial charge in [-0.2, -0.15) is 0 Å². The molecular formula is C13H10O3. The molecule has 0 spiro atoms. The molecule has 0 bridgehead atoms. The lowest BCUT2D eigenvalue weighted by atomic mass is 9.92. The van der Waals surface area contributed by atoms with Crippen molar-refractivity contribution in [3.63, 3.8) is 0 Å². The van der Waals surface area contributed by atoms with E-state index in [-0.39, 0.29) is 11.5 Å². The van der Waals surface area contributed by atoms with Crippen LogP contribution in [-0.4, -0.2) is 5.78 Å². The zero-order valence-corrected chi connectivity index (χ0v) is 8.66. The van der Waals surface area contributed by atoms with Crippen molar-refractivity contribution in [2.75, 3.05) is 0 Å². The molecule has 0 atom stereocenters. The van der Waals surface area contributed by atoms with Gasteiger partial charge in [0.25, 0.3) is 0 Å². The van der Waals surface area contributed by atoms with Crippen LogP contribution in [0.15, 0.2) is 33.5 Å². The van der Waals surface area contributed by atoms with Crippen molar-refractivity contribution in [2.45, 2.75) is 19.3 Å². The van der Waals surface area contributed by atoms with Gasteiger partial charge in [-0.25, -0.2) is 4.79 Å². The van der Waals surface area contributed by atoms with Gasteiger partial charge in [0, 0.05) is 12.0 Å². The number of rotatable bonds is 0. The third-order valence-electron chi connectivity index (χ3n) is 3.02. The number of Topliss-reactive ketones (excluding diaryl/α,β-unsaturated/α-hetero) is 1. The van der Waals surface area contributed by atoms with Crippen molar-refractivity contribution in [1.82, 2.24) is 0 Å². The fraction of sp³-hybridized carbons (Fsp3) is 0.231. The number of fused-ring (bicyclic) bond motifs is 3. The van der Waals surface area contributed by atoms with Gasteiger partial charge in [0.1, 0.15) is 0 Å². The normalized spacial score (nSPS) is 15.1. The molecule has 0 unspecified atom stereocenters. The predicted molar refractivity (Wildman–Crippen MR) is 59.8 cm³/mol. The third kappa shape index (κ3) is 1.21. The van der Waals surface area contributed by atoms with Crippen LogP contribution < -0.4 is 5.63 Å². The molecule has 1 aromatic heterocycles. The lowest BCUT2D eigenvalue weighted by Crippen LogP contribution is -2.15. The van der Waals surface area contributed by atoms with E-state index in [4.69, 9.17) is 4.42 Å². The summed E-state index contributed by atoms with van der Waals surface area (Å²) >= 11 is 0. The number of aryl methyl sites for hydroxylation is 1. The number of carbonyl (C=O) groups is 1. The Hall–Kier alpha value is -1.90. The molecule has 1 heterocycles. The summed E-state index contributed by atoms with van der Waals surface area (Å²) < 4.78 is 5.12. The Morgan fingerprint density at radius 2 is 1.75 bits per heavy atom. The number of hydrogen-bond donors (Lipinski definition) is 0. The van der Waals surface area contributed by atoms with Crippen LogP contribution in [0.2, 0.25) is 0 Å². The maximum atomic E-state index is 11.7. The standard InChI is InChI=1S/C13H10O3/c14-11-7-3-6-9-8-4-1-2-5-10(8)13(15)16-12(9)11/h1-2,4-5H,3,6-7H2. The van der Waals surface area contributed by atoms with Crippen molar-refractivity contribution < 1.29 is 9.21 Å². The minimum absolute atomic E-state index is 0.0518. The summed E-state index contributed by atoms with van der Waals surface area (Å²) in [6.07, 6.45) is 2.13. The minimum Gasteiger partial charge on any atom is -0.419 e. The van der Waals surface area contributed by atoms with E-state index < -0.39 is 5.63 Å². The molecule has 3 rings (SSSR count). The van der Waals surface area contributed by atoms with Gasteiger partial charge in [-0.05, 0) is 24.3 Å². The fourth-order valence-electron chi connectivity index (χ4n) is 2.27. The largest absolute Gasteiger partial charge is 0.419 e. The second-order valence-electron chi connectivity index (χ2n) is 4.02. The van der Waals surface area contributed by atoms with Crippen molar-refractivity contribution in [3.05, 3.63) is 46.0 Å². The van der Waals surface area contributed by atoms with Crippen LogP contribution in [0, 0.1) is 0 Å². The topological polar surface area (TPSA) is 47.3 Å². The highest BCUT2D eigenvalue weighted by atomic mass is 16.4. The molecule has 2 aromatic rings. The van der Waals surface area contributed by atoms with E-state index in [2.05, 4.69) is 0 Å². The Labute approximate surface area is 91.7 Å². The fourth-order valence-corrected chi connectivity index (χ4v) is 2.27. The van der Waals surface area contributed by atoms with Crippen LogP contribution in [0.25, 0.3) is 10.8 Å². The first kappa shape index (κ1) is 9.33. The minimum atomic E-state index is -0.412. The van der Waals surface area contributed by atoms with E-state index in [1.54, 1.807) is 12.1 Å². The van der Waals surface area contributed by atoms with Crippen LogP contribution in [0.3, 0.4) is 0 Å². The molecule has 1 aliphatic carbocycles. The lowest BCUT2D eigenvalue weighted by molar-refractivity contribution is 0.0939. The summed E-state index contributed by atoms with van der Waals surface area (Å²) in [6, 6.07) is 7.29. The highest BCUT2D eigenvalue weighted by Gasteiger charge is 2.23. The van der Waals surface area contributed by atoms with Crippen LogP contribution in [0.4, 0.5) is 0 Å². The first-order chi connectivity index (χ1) is 7.77. The molecule has 0 saturated carbocycles. The molecule has 16 heavy (non-hydrogen) atoms. The lowest BCUT2D eigenvalue weighted by Gasteiger charge is -2.14. The van der Waals surface area contributed by atoms with Crippen molar-refractivity contribution in [1.29, 1.82) is 0 Å². The van der Waals surface area contributed by atoms with Crippen molar-refractivity contribution in [2.24, 2.45) is 0 Å². The molecule has 1 aromatic carbocycles. The highest BCUT2D eigenvalue weighted by Crippen LogP contribution is 2.26. The van der Waals surface area contributed by atoms with Crippen LogP contribution in [0.5, 0.6) is 0 Å². The van der Waals surface area contributed by atoms with Gasteiger partial charge in [0.15, 0.2) is 11.5 Å². The van der Waals surface area contributed by atoms with Gasteiger partial charge >= 0.3 is 5.63 Å². The number of ketones is 1. The monoisotopic (exact) mass is 214 g/mol.